The van der Waals surface area contributed by atoms with Crippen LogP contribution in [0.3, 0.4) is 0 Å². The predicted molar refractivity (Wildman–Crippen MR) is 83.2 cm³/mol. The van der Waals surface area contributed by atoms with Gasteiger partial charge in [0.15, 0.2) is 0 Å². The first-order chi connectivity index (χ1) is 10.4. The van der Waals surface area contributed by atoms with Gasteiger partial charge in [-0.2, -0.15) is 15.0 Å². The standard InChI is InChI=1S/C17H14N4/c1-2-5-15(6-3-1)7-4-12-18-16-8-10-17(11-9-16)21-19-13-14-20-21/h1-3,5-6,8-11,13-14,18H,12H2. The third-order valence-corrected chi connectivity index (χ3v) is 2.90. The second-order valence-corrected chi connectivity index (χ2v) is 4.39. The number of nitrogens with one attached hydrogen (secondary N) is 1. The molecule has 21 heavy (non-hydrogen) atoms. The summed E-state index contributed by atoms with van der Waals surface area (Å²) >= 11 is 0. The molecule has 0 saturated carbocycles. The number of aromatic nitrogens is 3. The molecule has 0 amide bonds. The molecular formula is C17H14N4. The Labute approximate surface area is 123 Å². The minimum atomic E-state index is 0.605. The van der Waals surface area contributed by atoms with E-state index in [1.165, 1.54) is 0 Å². The molecule has 1 aromatic heterocycles. The van der Waals surface area contributed by atoms with Crippen molar-refractivity contribution in [2.75, 3.05) is 11.9 Å². The first-order valence-electron chi connectivity index (χ1n) is 6.66. The molecule has 0 aliphatic rings. The van der Waals surface area contributed by atoms with Gasteiger partial charge in [-0.05, 0) is 36.4 Å². The zero-order valence-corrected chi connectivity index (χ0v) is 11.4. The van der Waals surface area contributed by atoms with E-state index in [2.05, 4.69) is 27.4 Å². The van der Waals surface area contributed by atoms with Crippen molar-refractivity contribution in [1.29, 1.82) is 0 Å². The summed E-state index contributed by atoms with van der Waals surface area (Å²) in [5.41, 5.74) is 2.98. The van der Waals surface area contributed by atoms with E-state index >= 15 is 0 Å². The third kappa shape index (κ3) is 3.48. The summed E-state index contributed by atoms with van der Waals surface area (Å²) < 4.78 is 0. The molecule has 0 bridgehead atoms. The fraction of sp³-hybridized carbons (Fsp3) is 0.0588. The van der Waals surface area contributed by atoms with E-state index in [-0.39, 0.29) is 0 Å². The van der Waals surface area contributed by atoms with Crippen molar-refractivity contribution < 1.29 is 0 Å². The van der Waals surface area contributed by atoms with Gasteiger partial charge < -0.3 is 5.32 Å². The first-order valence-corrected chi connectivity index (χ1v) is 6.66. The Morgan fingerprint density at radius 2 is 1.62 bits per heavy atom. The quantitative estimate of drug-likeness (QED) is 0.747. The lowest BCUT2D eigenvalue weighted by molar-refractivity contribution is 0.752. The predicted octanol–water partition coefficient (Wildman–Crippen LogP) is 2.73. The highest BCUT2D eigenvalue weighted by Gasteiger charge is 1.96. The molecule has 102 valence electrons. The maximum atomic E-state index is 4.09. The van der Waals surface area contributed by atoms with Crippen molar-refractivity contribution in [3.05, 3.63) is 72.6 Å². The normalized spacial score (nSPS) is 9.71. The van der Waals surface area contributed by atoms with E-state index in [1.54, 1.807) is 17.2 Å². The maximum absolute atomic E-state index is 4.09. The molecule has 0 atom stereocenters. The second kappa shape index (κ2) is 6.40. The molecular weight excluding hydrogens is 260 g/mol. The Kier molecular flexibility index (Phi) is 3.94. The van der Waals surface area contributed by atoms with Crippen LogP contribution >= 0.6 is 0 Å². The van der Waals surface area contributed by atoms with Crippen LogP contribution in [0.1, 0.15) is 5.56 Å². The lowest BCUT2D eigenvalue weighted by Crippen LogP contribution is -2.01. The molecule has 3 aromatic rings. The topological polar surface area (TPSA) is 42.7 Å². The van der Waals surface area contributed by atoms with Crippen molar-refractivity contribution in [3.8, 4) is 17.5 Å². The van der Waals surface area contributed by atoms with Crippen LogP contribution in [0.15, 0.2) is 67.0 Å². The Bertz CT molecular complexity index is 735. The molecule has 4 nitrogen and oxygen atoms in total. The Balaban J connectivity index is 1.58. The van der Waals surface area contributed by atoms with Crippen molar-refractivity contribution in [2.45, 2.75) is 0 Å². The van der Waals surface area contributed by atoms with Crippen LogP contribution in [0.4, 0.5) is 5.69 Å². The highest BCUT2D eigenvalue weighted by molar-refractivity contribution is 5.49. The highest BCUT2D eigenvalue weighted by atomic mass is 15.5. The molecule has 0 aliphatic heterocycles. The van der Waals surface area contributed by atoms with Gasteiger partial charge in [0, 0.05) is 11.3 Å². The van der Waals surface area contributed by atoms with Crippen LogP contribution in [-0.4, -0.2) is 21.5 Å². The van der Waals surface area contributed by atoms with Gasteiger partial charge in [-0.25, -0.2) is 0 Å². The van der Waals surface area contributed by atoms with Crippen molar-refractivity contribution >= 4 is 5.69 Å². The number of benzene rings is 2. The van der Waals surface area contributed by atoms with Crippen LogP contribution < -0.4 is 5.32 Å². The third-order valence-electron chi connectivity index (χ3n) is 2.90. The molecule has 0 aliphatic carbocycles. The van der Waals surface area contributed by atoms with Gasteiger partial charge in [-0.15, -0.1) is 0 Å². The van der Waals surface area contributed by atoms with Gasteiger partial charge in [0.05, 0.1) is 24.6 Å². The van der Waals surface area contributed by atoms with Gasteiger partial charge >= 0.3 is 0 Å². The molecule has 0 fully saturated rings. The summed E-state index contributed by atoms with van der Waals surface area (Å²) in [6.45, 7) is 0.605. The molecule has 0 spiro atoms. The lowest BCUT2D eigenvalue weighted by atomic mass is 10.2. The molecule has 2 aromatic carbocycles. The molecule has 1 heterocycles. The monoisotopic (exact) mass is 274 g/mol. The van der Waals surface area contributed by atoms with Crippen molar-refractivity contribution in [1.82, 2.24) is 15.0 Å². The fourth-order valence-electron chi connectivity index (χ4n) is 1.88. The average Bonchev–Trinajstić information content (AvgIpc) is 3.08. The molecule has 3 rings (SSSR count). The zero-order valence-electron chi connectivity index (χ0n) is 11.4. The SMILES string of the molecule is C(#Cc1ccccc1)CNc1ccc(-n2nccn2)cc1. The van der Waals surface area contributed by atoms with Gasteiger partial charge in [0.1, 0.15) is 0 Å². The van der Waals surface area contributed by atoms with E-state index in [4.69, 9.17) is 0 Å². The smallest absolute Gasteiger partial charge is 0.0858 e. The van der Waals surface area contributed by atoms with Crippen molar-refractivity contribution in [2.24, 2.45) is 0 Å². The number of hydrogen-bond acceptors (Lipinski definition) is 3. The van der Waals surface area contributed by atoms with Gasteiger partial charge in [0.25, 0.3) is 0 Å². The summed E-state index contributed by atoms with van der Waals surface area (Å²) in [5, 5.41) is 11.4. The zero-order chi connectivity index (χ0) is 14.3. The fourth-order valence-corrected chi connectivity index (χ4v) is 1.88. The highest BCUT2D eigenvalue weighted by Crippen LogP contribution is 2.11. The Morgan fingerprint density at radius 1 is 0.905 bits per heavy atom. The largest absolute Gasteiger partial charge is 0.374 e. The van der Waals surface area contributed by atoms with E-state index in [1.807, 2.05) is 54.6 Å². The molecule has 0 unspecified atom stereocenters. The summed E-state index contributed by atoms with van der Waals surface area (Å²) in [4.78, 5) is 1.58. The molecule has 4 heteroatoms. The summed E-state index contributed by atoms with van der Waals surface area (Å²) in [6, 6.07) is 17.9. The maximum Gasteiger partial charge on any atom is 0.0858 e. The van der Waals surface area contributed by atoms with Gasteiger partial charge in [-0.3, -0.25) is 0 Å². The average molecular weight is 274 g/mol. The molecule has 0 radical (unpaired) electrons. The van der Waals surface area contributed by atoms with Crippen LogP contribution in [0, 0.1) is 11.8 Å². The Hall–Kier alpha value is -3.06. The van der Waals surface area contributed by atoms with Gasteiger partial charge in [-0.1, -0.05) is 30.0 Å². The van der Waals surface area contributed by atoms with E-state index < -0.39 is 0 Å². The summed E-state index contributed by atoms with van der Waals surface area (Å²) in [5.74, 6) is 6.21. The Morgan fingerprint density at radius 3 is 2.33 bits per heavy atom. The van der Waals surface area contributed by atoms with Crippen molar-refractivity contribution in [3.63, 3.8) is 0 Å². The van der Waals surface area contributed by atoms with Crippen LogP contribution in [-0.2, 0) is 0 Å². The van der Waals surface area contributed by atoms with E-state index in [0.717, 1.165) is 16.9 Å². The summed E-state index contributed by atoms with van der Waals surface area (Å²) in [7, 11) is 0. The summed E-state index contributed by atoms with van der Waals surface area (Å²) in [6.07, 6.45) is 3.32. The van der Waals surface area contributed by atoms with Gasteiger partial charge in [0.2, 0.25) is 0 Å². The number of rotatable bonds is 3. The van der Waals surface area contributed by atoms with E-state index in [9.17, 15) is 0 Å². The van der Waals surface area contributed by atoms with E-state index in [0.29, 0.717) is 6.54 Å². The number of hydrogen-bond donors (Lipinski definition) is 1. The minimum Gasteiger partial charge on any atom is -0.374 e. The van der Waals surface area contributed by atoms with Crippen LogP contribution in [0.2, 0.25) is 0 Å². The lowest BCUT2D eigenvalue weighted by Gasteiger charge is -2.03. The first kappa shape index (κ1) is 12.9. The van der Waals surface area contributed by atoms with Crippen LogP contribution in [0.25, 0.3) is 5.69 Å². The van der Waals surface area contributed by atoms with Crippen LogP contribution in [0.5, 0.6) is 0 Å². The molecule has 0 saturated heterocycles. The number of nitrogens with zero attached hydrogens (tertiary/aromatic N) is 3. The molecule has 1 N–H and O–H groups in total. The second-order valence-electron chi connectivity index (χ2n) is 4.39. The minimum absolute atomic E-state index is 0.605. The number of anilines is 1.